The van der Waals surface area contributed by atoms with Crippen LogP contribution in [0.4, 0.5) is 0 Å². The van der Waals surface area contributed by atoms with Crippen LogP contribution < -0.4 is 10.9 Å². The summed E-state index contributed by atoms with van der Waals surface area (Å²) in [5.41, 5.74) is 8.69. The van der Waals surface area contributed by atoms with Gasteiger partial charge in [-0.1, -0.05) is 45.0 Å². The number of Topliss-reactive ketones (excluding diaryl/α,β-unsaturated/α-hetero) is 1. The smallest absolute Gasteiger partial charge is 0.247 e. The Morgan fingerprint density at radius 1 is 1.05 bits per heavy atom. The number of H-pyrrole nitrogens is 1. The van der Waals surface area contributed by atoms with Crippen LogP contribution >= 0.6 is 0 Å². The van der Waals surface area contributed by atoms with Crippen LogP contribution in [0.5, 0.6) is 0 Å². The monoisotopic (exact) mass is 595 g/mol. The predicted molar refractivity (Wildman–Crippen MR) is 173 cm³/mol. The van der Waals surface area contributed by atoms with Crippen LogP contribution in [0, 0.1) is 11.3 Å². The molecule has 0 aliphatic heterocycles. The lowest BCUT2D eigenvalue weighted by Gasteiger charge is -2.34. The average molecular weight is 596 g/mol. The first-order valence-corrected chi connectivity index (χ1v) is 16.2. The van der Waals surface area contributed by atoms with Crippen molar-refractivity contribution in [2.24, 2.45) is 11.3 Å². The number of hydrogen-bond donors (Lipinski definition) is 4. The number of benzene rings is 1. The maximum absolute atomic E-state index is 13.8. The second kappa shape index (κ2) is 12.5. The molecule has 0 radical (unpaired) electrons. The topological polar surface area (TPSA) is 115 Å². The zero-order chi connectivity index (χ0) is 31.0. The highest BCUT2D eigenvalue weighted by Crippen LogP contribution is 2.39. The van der Waals surface area contributed by atoms with Gasteiger partial charge in [0, 0.05) is 42.4 Å². The van der Waals surface area contributed by atoms with Crippen molar-refractivity contribution in [2.75, 3.05) is 6.54 Å². The number of ketones is 1. The molecule has 2 heterocycles. The Kier molecular flexibility index (Phi) is 8.73. The summed E-state index contributed by atoms with van der Waals surface area (Å²) >= 11 is 0. The summed E-state index contributed by atoms with van der Waals surface area (Å²) < 4.78 is 0. The minimum atomic E-state index is -0.681. The van der Waals surface area contributed by atoms with Gasteiger partial charge in [-0.15, -0.1) is 0 Å². The number of carbonyl (C=O) groups excluding carboxylic acids is 1. The van der Waals surface area contributed by atoms with Crippen LogP contribution in [0.2, 0.25) is 0 Å². The molecule has 0 spiro atoms. The van der Waals surface area contributed by atoms with Crippen molar-refractivity contribution in [3.63, 3.8) is 0 Å². The molecule has 5 atom stereocenters. The van der Waals surface area contributed by atoms with Crippen LogP contribution in [0.3, 0.4) is 0 Å². The molecule has 1 unspecified atom stereocenters. The number of carbonyl (C=O) groups is 1. The summed E-state index contributed by atoms with van der Waals surface area (Å²) in [5.74, 6) is 0.811. The Morgan fingerprint density at radius 2 is 1.77 bits per heavy atom. The molecule has 3 aliphatic carbocycles. The summed E-state index contributed by atoms with van der Waals surface area (Å²) in [7, 11) is 0. The molecule has 2 aromatic heterocycles. The number of rotatable bonds is 9. The molecule has 44 heavy (non-hydrogen) atoms. The van der Waals surface area contributed by atoms with E-state index in [-0.39, 0.29) is 28.7 Å². The third-order valence-corrected chi connectivity index (χ3v) is 10.1. The zero-order valence-electron chi connectivity index (χ0n) is 26.1. The molecule has 7 heteroatoms. The number of nitrogens with one attached hydrogen (secondary N) is 2. The molecule has 1 aromatic carbocycles. The summed E-state index contributed by atoms with van der Waals surface area (Å²) in [6, 6.07) is 13.9. The highest BCUT2D eigenvalue weighted by atomic mass is 16.3. The van der Waals surface area contributed by atoms with E-state index in [1.54, 1.807) is 6.20 Å². The van der Waals surface area contributed by atoms with E-state index >= 15 is 0 Å². The molecule has 1 fully saturated rings. The van der Waals surface area contributed by atoms with E-state index in [4.69, 9.17) is 4.98 Å². The van der Waals surface area contributed by atoms with E-state index in [2.05, 4.69) is 55.3 Å². The summed E-state index contributed by atoms with van der Waals surface area (Å²) in [6.07, 6.45) is 8.48. The van der Waals surface area contributed by atoms with Gasteiger partial charge in [0.05, 0.1) is 17.9 Å². The molecule has 0 saturated heterocycles. The number of hydrogen-bond acceptors (Lipinski definition) is 6. The molecular weight excluding hydrogens is 550 g/mol. The predicted octanol–water partition coefficient (Wildman–Crippen LogP) is 5.13. The number of fused-ring (bicyclic) bond motifs is 2. The number of aryl methyl sites for hydroxylation is 1. The quantitative estimate of drug-likeness (QED) is 0.273. The number of nitrogens with zero attached hydrogens (tertiary/aromatic N) is 1. The van der Waals surface area contributed by atoms with E-state index in [1.165, 1.54) is 17.3 Å². The van der Waals surface area contributed by atoms with Gasteiger partial charge in [0.1, 0.15) is 0 Å². The molecule has 1 saturated carbocycles. The van der Waals surface area contributed by atoms with Crippen molar-refractivity contribution in [2.45, 2.75) is 96.3 Å². The molecule has 232 valence electrons. The first-order valence-electron chi connectivity index (χ1n) is 16.2. The van der Waals surface area contributed by atoms with Crippen molar-refractivity contribution in [1.82, 2.24) is 15.3 Å². The fraction of sp³-hybridized carbons (Fsp3) is 0.486. The second-order valence-corrected chi connectivity index (χ2v) is 14.2. The van der Waals surface area contributed by atoms with Gasteiger partial charge in [-0.3, -0.25) is 14.6 Å². The average Bonchev–Trinajstić information content (AvgIpc) is 3.56. The Bertz CT molecular complexity index is 1570. The zero-order valence-corrected chi connectivity index (χ0v) is 26.1. The van der Waals surface area contributed by atoms with Crippen LogP contribution in [0.1, 0.15) is 86.9 Å². The Hall–Kier alpha value is -3.39. The molecular formula is C37H45N3O4. The minimum Gasteiger partial charge on any atom is -0.390 e. The minimum absolute atomic E-state index is 0.00852. The normalized spacial score (nSPS) is 23.6. The van der Waals surface area contributed by atoms with Gasteiger partial charge >= 0.3 is 0 Å². The Morgan fingerprint density at radius 3 is 2.45 bits per heavy atom. The Balaban J connectivity index is 1.17. The van der Waals surface area contributed by atoms with Gasteiger partial charge < -0.3 is 20.5 Å². The van der Waals surface area contributed by atoms with E-state index in [0.717, 1.165) is 59.2 Å². The molecule has 3 aliphatic rings. The van der Waals surface area contributed by atoms with E-state index in [9.17, 15) is 19.8 Å². The van der Waals surface area contributed by atoms with Gasteiger partial charge in [0.15, 0.2) is 5.78 Å². The third-order valence-electron chi connectivity index (χ3n) is 10.1. The van der Waals surface area contributed by atoms with Gasteiger partial charge in [-0.2, -0.15) is 0 Å². The largest absolute Gasteiger partial charge is 0.390 e. The number of aliphatic hydroxyl groups is 2. The molecule has 7 nitrogen and oxygen atoms in total. The van der Waals surface area contributed by atoms with E-state index < -0.39 is 12.2 Å². The molecule has 4 N–H and O–H groups in total. The van der Waals surface area contributed by atoms with Crippen molar-refractivity contribution < 1.29 is 15.0 Å². The maximum Gasteiger partial charge on any atom is 0.247 e. The van der Waals surface area contributed by atoms with Crippen LogP contribution in [0.25, 0.3) is 17.2 Å². The third kappa shape index (κ3) is 6.80. The fourth-order valence-corrected chi connectivity index (χ4v) is 7.23. The Labute approximate surface area is 259 Å². The maximum atomic E-state index is 13.8. The van der Waals surface area contributed by atoms with Gasteiger partial charge in [-0.05, 0) is 108 Å². The molecule has 0 bridgehead atoms. The van der Waals surface area contributed by atoms with E-state index in [0.29, 0.717) is 38.1 Å². The standard InChI is InChI=1S/C37H45N3O4/c1-37(2,3)29-9-10-31-27(16-29)14-26-15-28(17-32(26)40-31)33(41)18-24(12-13-38-30-19-34(42)35(43)20-30)22-4-6-23(7-5-22)25-8-11-36(44)39-21-25/h4-8,11,14-15,21,24,29-30,34-35,38,42-43H,9-10,12-13,16-20H2,1-3H3,(H,39,44)/t24-,29-,30?,34-,35+/m0/s1. The highest BCUT2D eigenvalue weighted by Gasteiger charge is 2.33. The first-order chi connectivity index (χ1) is 21.0. The first kappa shape index (κ1) is 30.6. The van der Waals surface area contributed by atoms with Crippen molar-refractivity contribution >= 4 is 11.9 Å². The van der Waals surface area contributed by atoms with Crippen LogP contribution in [-0.2, 0) is 24.1 Å². The number of pyridine rings is 2. The summed E-state index contributed by atoms with van der Waals surface area (Å²) in [6.45, 7) is 7.66. The molecule has 0 amide bonds. The van der Waals surface area contributed by atoms with Gasteiger partial charge in [-0.25, -0.2) is 0 Å². The number of aromatic nitrogens is 2. The highest BCUT2D eigenvalue weighted by molar-refractivity contribution is 6.02. The molecule has 3 aromatic rings. The van der Waals surface area contributed by atoms with E-state index in [1.807, 2.05) is 18.2 Å². The van der Waals surface area contributed by atoms with Crippen molar-refractivity contribution in [3.8, 4) is 11.1 Å². The molecule has 6 rings (SSSR count). The number of aromatic amines is 1. The number of allylic oxidation sites excluding steroid dienone is 1. The van der Waals surface area contributed by atoms with Gasteiger partial charge in [0.2, 0.25) is 5.56 Å². The van der Waals surface area contributed by atoms with Crippen molar-refractivity contribution in [3.05, 3.63) is 92.7 Å². The van der Waals surface area contributed by atoms with Gasteiger partial charge in [0.25, 0.3) is 0 Å². The number of aliphatic hydroxyl groups excluding tert-OH is 2. The fourth-order valence-electron chi connectivity index (χ4n) is 7.23. The summed E-state index contributed by atoms with van der Waals surface area (Å²) in [5, 5.41) is 23.4. The SMILES string of the molecule is CC(C)(C)[C@H]1CCc2nc3c(cc2C1)C=C(C(=O)C[C@H](CCNC1C[C@@H](O)[C@@H](O)C1)c1ccc(-c2ccc(=O)[nH]c2)cc1)C3. The lowest BCUT2D eigenvalue weighted by molar-refractivity contribution is -0.116. The summed E-state index contributed by atoms with van der Waals surface area (Å²) in [4.78, 5) is 33.1. The van der Waals surface area contributed by atoms with Crippen LogP contribution in [-0.4, -0.2) is 50.8 Å². The lowest BCUT2D eigenvalue weighted by atomic mass is 9.71. The van der Waals surface area contributed by atoms with Crippen molar-refractivity contribution in [1.29, 1.82) is 0 Å². The lowest BCUT2D eigenvalue weighted by Crippen LogP contribution is -2.29. The van der Waals surface area contributed by atoms with Crippen LogP contribution in [0.15, 0.2) is 59.0 Å². The second-order valence-electron chi connectivity index (χ2n) is 14.2.